The highest BCUT2D eigenvalue weighted by Crippen LogP contribution is 2.23. The van der Waals surface area contributed by atoms with Crippen LogP contribution < -0.4 is 5.43 Å². The van der Waals surface area contributed by atoms with Crippen LogP contribution in [0.15, 0.2) is 47.3 Å². The minimum atomic E-state index is -0.534. The SMILES string of the molecule is CCOC(=O)Cn1c2ccccc2c(=O)c2ccc([N+](=O)[O-])cc21. The molecule has 0 N–H and O–H groups in total. The first-order chi connectivity index (χ1) is 11.5. The van der Waals surface area contributed by atoms with Crippen LogP contribution in [0.25, 0.3) is 21.8 Å². The zero-order valence-corrected chi connectivity index (χ0v) is 12.9. The summed E-state index contributed by atoms with van der Waals surface area (Å²) in [5, 5.41) is 11.8. The lowest BCUT2D eigenvalue weighted by molar-refractivity contribution is -0.384. The molecule has 0 aliphatic carbocycles. The molecule has 0 aliphatic heterocycles. The number of nitrogens with zero attached hydrogens (tertiary/aromatic N) is 2. The Labute approximate surface area is 136 Å². The number of carbonyl (C=O) groups is 1. The van der Waals surface area contributed by atoms with Crippen LogP contribution in [0.3, 0.4) is 0 Å². The summed E-state index contributed by atoms with van der Waals surface area (Å²) < 4.78 is 6.56. The lowest BCUT2D eigenvalue weighted by Crippen LogP contribution is -2.18. The number of hydrogen-bond donors (Lipinski definition) is 0. The molecule has 3 rings (SSSR count). The van der Waals surface area contributed by atoms with Gasteiger partial charge in [0.25, 0.3) is 5.69 Å². The van der Waals surface area contributed by atoms with E-state index in [1.54, 1.807) is 35.8 Å². The predicted molar refractivity (Wildman–Crippen MR) is 89.0 cm³/mol. The molecule has 0 spiro atoms. The van der Waals surface area contributed by atoms with E-state index in [0.29, 0.717) is 21.8 Å². The van der Waals surface area contributed by atoms with Crippen molar-refractivity contribution in [3.05, 3.63) is 62.8 Å². The number of rotatable bonds is 4. The number of ether oxygens (including phenoxy) is 1. The van der Waals surface area contributed by atoms with Crippen molar-refractivity contribution in [3.63, 3.8) is 0 Å². The maximum atomic E-state index is 12.6. The Morgan fingerprint density at radius 2 is 1.88 bits per heavy atom. The fraction of sp³-hybridized carbons (Fsp3) is 0.176. The molecule has 0 fully saturated rings. The van der Waals surface area contributed by atoms with Crippen molar-refractivity contribution in [1.82, 2.24) is 4.57 Å². The van der Waals surface area contributed by atoms with Crippen LogP contribution in [0, 0.1) is 10.1 Å². The molecule has 0 bridgehead atoms. The molecule has 122 valence electrons. The highest BCUT2D eigenvalue weighted by molar-refractivity contribution is 5.95. The average Bonchev–Trinajstić information content (AvgIpc) is 2.58. The maximum absolute atomic E-state index is 12.6. The van der Waals surface area contributed by atoms with Gasteiger partial charge in [-0.25, -0.2) is 0 Å². The van der Waals surface area contributed by atoms with Gasteiger partial charge in [0, 0.05) is 22.9 Å². The number of nitro groups is 1. The maximum Gasteiger partial charge on any atom is 0.325 e. The monoisotopic (exact) mass is 326 g/mol. The molecule has 7 heteroatoms. The van der Waals surface area contributed by atoms with E-state index >= 15 is 0 Å². The Morgan fingerprint density at radius 1 is 1.17 bits per heavy atom. The second-order valence-corrected chi connectivity index (χ2v) is 5.20. The summed E-state index contributed by atoms with van der Waals surface area (Å²) in [7, 11) is 0. The third kappa shape index (κ3) is 2.60. The van der Waals surface area contributed by atoms with Gasteiger partial charge in [-0.1, -0.05) is 12.1 Å². The average molecular weight is 326 g/mol. The molecule has 0 radical (unpaired) electrons. The molecule has 2 aromatic carbocycles. The molecule has 7 nitrogen and oxygen atoms in total. The van der Waals surface area contributed by atoms with E-state index in [-0.39, 0.29) is 24.3 Å². The molecule has 0 aliphatic rings. The molecule has 0 saturated carbocycles. The Balaban J connectivity index is 2.39. The summed E-state index contributed by atoms with van der Waals surface area (Å²) in [6.45, 7) is 1.80. The molecule has 3 aromatic rings. The number of esters is 1. The first kappa shape index (κ1) is 15.7. The van der Waals surface area contributed by atoms with Crippen molar-refractivity contribution in [2.45, 2.75) is 13.5 Å². The van der Waals surface area contributed by atoms with E-state index < -0.39 is 10.9 Å². The molecule has 1 heterocycles. The Kier molecular flexibility index (Phi) is 3.99. The normalized spacial score (nSPS) is 10.9. The number of nitro benzene ring substituents is 1. The highest BCUT2D eigenvalue weighted by Gasteiger charge is 2.16. The van der Waals surface area contributed by atoms with Gasteiger partial charge in [-0.2, -0.15) is 0 Å². The number of aromatic nitrogens is 1. The van der Waals surface area contributed by atoms with E-state index in [4.69, 9.17) is 4.74 Å². The fourth-order valence-corrected chi connectivity index (χ4v) is 2.73. The van der Waals surface area contributed by atoms with E-state index in [9.17, 15) is 19.7 Å². The van der Waals surface area contributed by atoms with Crippen molar-refractivity contribution in [2.24, 2.45) is 0 Å². The number of carbonyl (C=O) groups excluding carboxylic acids is 1. The third-order valence-electron chi connectivity index (χ3n) is 3.76. The first-order valence-electron chi connectivity index (χ1n) is 7.38. The standard InChI is InChI=1S/C17H14N2O5/c1-2-24-16(20)10-18-14-6-4-3-5-12(14)17(21)13-8-7-11(19(22)23)9-15(13)18/h3-9H,2,10H2,1H3. The summed E-state index contributed by atoms with van der Waals surface area (Å²) in [6, 6.07) is 10.9. The Morgan fingerprint density at radius 3 is 2.58 bits per heavy atom. The molecular weight excluding hydrogens is 312 g/mol. The van der Waals surface area contributed by atoms with Crippen LogP contribution in [0.4, 0.5) is 5.69 Å². The van der Waals surface area contributed by atoms with Gasteiger partial charge in [-0.15, -0.1) is 0 Å². The van der Waals surface area contributed by atoms with Gasteiger partial charge in [0.2, 0.25) is 0 Å². The summed E-state index contributed by atoms with van der Waals surface area (Å²) >= 11 is 0. The van der Waals surface area contributed by atoms with E-state index in [1.807, 2.05) is 0 Å². The number of benzene rings is 2. The molecule has 24 heavy (non-hydrogen) atoms. The van der Waals surface area contributed by atoms with Gasteiger partial charge >= 0.3 is 5.97 Å². The summed E-state index contributed by atoms with van der Waals surface area (Å²) in [4.78, 5) is 35.1. The van der Waals surface area contributed by atoms with Crippen molar-refractivity contribution in [2.75, 3.05) is 6.61 Å². The van der Waals surface area contributed by atoms with Crippen molar-refractivity contribution in [1.29, 1.82) is 0 Å². The molecule has 0 atom stereocenters. The van der Waals surface area contributed by atoms with Crippen LogP contribution >= 0.6 is 0 Å². The van der Waals surface area contributed by atoms with Crippen LogP contribution in [-0.2, 0) is 16.1 Å². The lowest BCUT2D eigenvalue weighted by atomic mass is 10.1. The number of non-ortho nitro benzene ring substituents is 1. The topological polar surface area (TPSA) is 91.4 Å². The quantitative estimate of drug-likeness (QED) is 0.318. The fourth-order valence-electron chi connectivity index (χ4n) is 2.73. The largest absolute Gasteiger partial charge is 0.465 e. The first-order valence-corrected chi connectivity index (χ1v) is 7.38. The van der Waals surface area contributed by atoms with Crippen LogP contribution in [0.5, 0.6) is 0 Å². The van der Waals surface area contributed by atoms with Crippen LogP contribution in [0.1, 0.15) is 6.92 Å². The minimum Gasteiger partial charge on any atom is -0.465 e. The van der Waals surface area contributed by atoms with Gasteiger partial charge < -0.3 is 9.30 Å². The summed E-state index contributed by atoms with van der Waals surface area (Å²) in [6.07, 6.45) is 0. The van der Waals surface area contributed by atoms with Crippen molar-refractivity contribution in [3.8, 4) is 0 Å². The number of hydrogen-bond acceptors (Lipinski definition) is 5. The van der Waals surface area contributed by atoms with Crippen LogP contribution in [-0.4, -0.2) is 22.1 Å². The smallest absolute Gasteiger partial charge is 0.325 e. The highest BCUT2D eigenvalue weighted by atomic mass is 16.6. The van der Waals surface area contributed by atoms with Gasteiger partial charge in [0.05, 0.1) is 22.6 Å². The second-order valence-electron chi connectivity index (χ2n) is 5.20. The Bertz CT molecular complexity index is 1020. The zero-order valence-electron chi connectivity index (χ0n) is 12.9. The van der Waals surface area contributed by atoms with Gasteiger partial charge in [-0.3, -0.25) is 19.7 Å². The molecular formula is C17H14N2O5. The van der Waals surface area contributed by atoms with E-state index in [2.05, 4.69) is 0 Å². The summed E-state index contributed by atoms with van der Waals surface area (Å²) in [5.41, 5.74) is 0.495. The Hall–Kier alpha value is -3.22. The molecule has 0 unspecified atom stereocenters. The summed E-state index contributed by atoms with van der Waals surface area (Å²) in [5.74, 6) is -0.473. The second kappa shape index (κ2) is 6.11. The van der Waals surface area contributed by atoms with E-state index in [1.165, 1.54) is 18.2 Å². The van der Waals surface area contributed by atoms with Gasteiger partial charge in [-0.05, 0) is 25.1 Å². The van der Waals surface area contributed by atoms with Crippen LogP contribution in [0.2, 0.25) is 0 Å². The van der Waals surface area contributed by atoms with Gasteiger partial charge in [0.1, 0.15) is 6.54 Å². The van der Waals surface area contributed by atoms with Gasteiger partial charge in [0.15, 0.2) is 5.43 Å². The number of para-hydroxylation sites is 1. The molecule has 0 saturated heterocycles. The lowest BCUT2D eigenvalue weighted by Gasteiger charge is -2.14. The predicted octanol–water partition coefficient (Wildman–Crippen LogP) is 2.63. The number of pyridine rings is 1. The molecule has 0 amide bonds. The van der Waals surface area contributed by atoms with Crippen molar-refractivity contribution >= 4 is 33.5 Å². The van der Waals surface area contributed by atoms with Crippen molar-refractivity contribution < 1.29 is 14.5 Å². The number of fused-ring (bicyclic) bond motifs is 2. The minimum absolute atomic E-state index is 0.133. The third-order valence-corrected chi connectivity index (χ3v) is 3.76. The van der Waals surface area contributed by atoms with E-state index in [0.717, 1.165) is 0 Å². The zero-order chi connectivity index (χ0) is 17.3. The molecule has 1 aromatic heterocycles.